The minimum absolute atomic E-state index is 0.0746. The summed E-state index contributed by atoms with van der Waals surface area (Å²) in [6.45, 7) is 5.35. The van der Waals surface area contributed by atoms with Gasteiger partial charge in [-0.25, -0.2) is 4.98 Å². The number of morpholine rings is 1. The van der Waals surface area contributed by atoms with Gasteiger partial charge >= 0.3 is 0 Å². The molecule has 0 spiro atoms. The maximum Gasteiger partial charge on any atom is 0.246 e. The number of nitrogens with zero attached hydrogens (tertiary/aromatic N) is 3. The number of likely N-dealkylation sites (tertiary alicyclic amines) is 1. The van der Waals surface area contributed by atoms with E-state index in [-0.39, 0.29) is 5.91 Å². The van der Waals surface area contributed by atoms with Crippen LogP contribution in [-0.2, 0) is 9.53 Å². The molecular formula is C18H24ClN3O2. The summed E-state index contributed by atoms with van der Waals surface area (Å²) in [5.41, 5.74) is 0.893. The van der Waals surface area contributed by atoms with Crippen LogP contribution in [0.4, 0.5) is 0 Å². The lowest BCUT2D eigenvalue weighted by atomic mass is 10.1. The highest BCUT2D eigenvalue weighted by Gasteiger charge is 2.25. The zero-order chi connectivity index (χ0) is 16.8. The van der Waals surface area contributed by atoms with E-state index in [4.69, 9.17) is 16.3 Å². The van der Waals surface area contributed by atoms with Crippen LogP contribution in [0.25, 0.3) is 6.08 Å². The molecule has 1 unspecified atom stereocenters. The largest absolute Gasteiger partial charge is 0.379 e. The first-order valence-electron chi connectivity index (χ1n) is 8.63. The van der Waals surface area contributed by atoms with Crippen molar-refractivity contribution in [3.05, 3.63) is 35.1 Å². The first-order chi connectivity index (χ1) is 11.7. The van der Waals surface area contributed by atoms with Crippen LogP contribution in [-0.4, -0.2) is 66.1 Å². The van der Waals surface area contributed by atoms with E-state index in [9.17, 15) is 4.79 Å². The third-order valence-corrected chi connectivity index (χ3v) is 4.95. The lowest BCUT2D eigenvalue weighted by Crippen LogP contribution is -2.44. The summed E-state index contributed by atoms with van der Waals surface area (Å²) in [4.78, 5) is 20.9. The van der Waals surface area contributed by atoms with Crippen LogP contribution in [0.1, 0.15) is 24.8 Å². The second-order valence-electron chi connectivity index (χ2n) is 6.30. The highest BCUT2D eigenvalue weighted by molar-refractivity contribution is 6.29. The van der Waals surface area contributed by atoms with Crippen LogP contribution in [0, 0.1) is 0 Å². The average Bonchev–Trinajstić information content (AvgIpc) is 2.87. The second kappa shape index (κ2) is 8.60. The van der Waals surface area contributed by atoms with Gasteiger partial charge in [0.15, 0.2) is 0 Å². The van der Waals surface area contributed by atoms with Crippen LogP contribution < -0.4 is 0 Å². The Bertz CT molecular complexity index is 587. The maximum atomic E-state index is 12.4. The molecule has 2 saturated heterocycles. The smallest absolute Gasteiger partial charge is 0.246 e. The first kappa shape index (κ1) is 17.4. The van der Waals surface area contributed by atoms with E-state index in [1.807, 2.05) is 11.0 Å². The molecule has 0 aromatic carbocycles. The average molecular weight is 350 g/mol. The number of rotatable bonds is 3. The molecule has 3 rings (SSSR count). The van der Waals surface area contributed by atoms with Gasteiger partial charge in [0.1, 0.15) is 5.15 Å². The van der Waals surface area contributed by atoms with Crippen LogP contribution in [0.3, 0.4) is 0 Å². The maximum absolute atomic E-state index is 12.4. The number of halogens is 1. The SMILES string of the molecule is O=C(C=Cc1ccnc(Cl)c1)N1CCCC(N2CCOCC2)CC1. The van der Waals surface area contributed by atoms with Gasteiger partial charge < -0.3 is 9.64 Å². The zero-order valence-electron chi connectivity index (χ0n) is 13.9. The normalized spacial score (nSPS) is 23.4. The fourth-order valence-corrected chi connectivity index (χ4v) is 3.58. The molecule has 3 heterocycles. The van der Waals surface area contributed by atoms with E-state index >= 15 is 0 Å². The van der Waals surface area contributed by atoms with Gasteiger partial charge in [0.2, 0.25) is 5.91 Å². The van der Waals surface area contributed by atoms with Crippen molar-refractivity contribution in [1.82, 2.24) is 14.8 Å². The number of carbonyl (C=O) groups is 1. The molecule has 0 radical (unpaired) electrons. The highest BCUT2D eigenvalue weighted by atomic mass is 35.5. The molecule has 0 aliphatic carbocycles. The fourth-order valence-electron chi connectivity index (χ4n) is 3.40. The van der Waals surface area contributed by atoms with Crippen molar-refractivity contribution in [3.8, 4) is 0 Å². The minimum Gasteiger partial charge on any atom is -0.379 e. The van der Waals surface area contributed by atoms with Crippen molar-refractivity contribution in [2.75, 3.05) is 39.4 Å². The molecule has 1 atom stereocenters. The minimum atomic E-state index is 0.0746. The van der Waals surface area contributed by atoms with Crippen LogP contribution in [0.2, 0.25) is 5.15 Å². The van der Waals surface area contributed by atoms with E-state index in [0.29, 0.717) is 11.2 Å². The standard InChI is InChI=1S/C18H24ClN3O2/c19-17-14-15(5-7-20-17)3-4-18(23)22-8-1-2-16(6-9-22)21-10-12-24-13-11-21/h3-5,7,14,16H,1-2,6,8-13H2. The zero-order valence-corrected chi connectivity index (χ0v) is 14.6. The van der Waals surface area contributed by atoms with E-state index < -0.39 is 0 Å². The molecule has 2 aliphatic rings. The van der Waals surface area contributed by atoms with Gasteiger partial charge in [-0.15, -0.1) is 0 Å². The summed E-state index contributed by atoms with van der Waals surface area (Å²) in [6.07, 6.45) is 8.35. The topological polar surface area (TPSA) is 45.7 Å². The molecule has 2 fully saturated rings. The number of ether oxygens (including phenoxy) is 1. The van der Waals surface area contributed by atoms with Crippen molar-refractivity contribution < 1.29 is 9.53 Å². The van der Waals surface area contributed by atoms with Crippen LogP contribution in [0.15, 0.2) is 24.4 Å². The summed E-state index contributed by atoms with van der Waals surface area (Å²) < 4.78 is 5.43. The molecule has 0 bridgehead atoms. The molecule has 130 valence electrons. The van der Waals surface area contributed by atoms with Gasteiger partial charge in [0, 0.05) is 44.5 Å². The Hall–Kier alpha value is -1.43. The second-order valence-corrected chi connectivity index (χ2v) is 6.69. The molecule has 0 saturated carbocycles. The molecule has 24 heavy (non-hydrogen) atoms. The fraction of sp³-hybridized carbons (Fsp3) is 0.556. The Kier molecular flexibility index (Phi) is 6.24. The van der Waals surface area contributed by atoms with Gasteiger partial charge in [-0.2, -0.15) is 0 Å². The van der Waals surface area contributed by atoms with Gasteiger partial charge in [-0.3, -0.25) is 9.69 Å². The lowest BCUT2D eigenvalue weighted by molar-refractivity contribution is -0.125. The number of hydrogen-bond donors (Lipinski definition) is 0. The monoisotopic (exact) mass is 349 g/mol. The highest BCUT2D eigenvalue weighted by Crippen LogP contribution is 2.18. The van der Waals surface area contributed by atoms with Crippen molar-refractivity contribution >= 4 is 23.6 Å². The number of pyridine rings is 1. The number of aromatic nitrogens is 1. The summed E-state index contributed by atoms with van der Waals surface area (Å²) in [7, 11) is 0. The summed E-state index contributed by atoms with van der Waals surface area (Å²) >= 11 is 5.87. The number of amides is 1. The molecule has 1 aromatic rings. The van der Waals surface area contributed by atoms with Crippen molar-refractivity contribution in [2.24, 2.45) is 0 Å². The van der Waals surface area contributed by atoms with E-state index in [1.54, 1.807) is 24.4 Å². The van der Waals surface area contributed by atoms with Crippen LogP contribution in [0.5, 0.6) is 0 Å². The van der Waals surface area contributed by atoms with Crippen molar-refractivity contribution in [2.45, 2.75) is 25.3 Å². The molecular weight excluding hydrogens is 326 g/mol. The van der Waals surface area contributed by atoms with Gasteiger partial charge in [-0.05, 0) is 43.0 Å². The number of carbonyl (C=O) groups excluding carboxylic acids is 1. The third-order valence-electron chi connectivity index (χ3n) is 4.74. The van der Waals surface area contributed by atoms with Crippen LogP contribution >= 0.6 is 11.6 Å². The molecule has 6 heteroatoms. The predicted molar refractivity (Wildman–Crippen MR) is 94.9 cm³/mol. The lowest BCUT2D eigenvalue weighted by Gasteiger charge is -2.33. The first-order valence-corrected chi connectivity index (χ1v) is 9.00. The van der Waals surface area contributed by atoms with Gasteiger partial charge in [-0.1, -0.05) is 11.6 Å². The molecule has 1 amide bonds. The summed E-state index contributed by atoms with van der Waals surface area (Å²) in [6, 6.07) is 4.17. The third kappa shape index (κ3) is 4.79. The van der Waals surface area contributed by atoms with E-state index in [1.165, 1.54) is 0 Å². The summed E-state index contributed by atoms with van der Waals surface area (Å²) in [5.74, 6) is 0.0746. The number of hydrogen-bond acceptors (Lipinski definition) is 4. The molecule has 2 aliphatic heterocycles. The Morgan fingerprint density at radius 3 is 2.88 bits per heavy atom. The van der Waals surface area contributed by atoms with Gasteiger partial charge in [0.05, 0.1) is 13.2 Å². The Morgan fingerprint density at radius 1 is 1.25 bits per heavy atom. The molecule has 1 aromatic heterocycles. The van der Waals surface area contributed by atoms with E-state index in [0.717, 1.165) is 64.2 Å². The molecule has 5 nitrogen and oxygen atoms in total. The quantitative estimate of drug-likeness (QED) is 0.621. The van der Waals surface area contributed by atoms with Gasteiger partial charge in [0.25, 0.3) is 0 Å². The predicted octanol–water partition coefficient (Wildman–Crippen LogP) is 2.46. The Balaban J connectivity index is 1.54. The van der Waals surface area contributed by atoms with Crippen molar-refractivity contribution in [3.63, 3.8) is 0 Å². The Labute approximate surface area is 148 Å². The molecule has 0 N–H and O–H groups in total. The Morgan fingerprint density at radius 2 is 2.08 bits per heavy atom. The summed E-state index contributed by atoms with van der Waals surface area (Å²) in [5, 5.41) is 0.438. The van der Waals surface area contributed by atoms with E-state index in [2.05, 4.69) is 9.88 Å². The van der Waals surface area contributed by atoms with Crippen molar-refractivity contribution in [1.29, 1.82) is 0 Å².